The zero-order valence-corrected chi connectivity index (χ0v) is 14.8. The molecule has 0 saturated carbocycles. The van der Waals surface area contributed by atoms with Crippen molar-refractivity contribution in [3.63, 3.8) is 0 Å². The van der Waals surface area contributed by atoms with Gasteiger partial charge in [-0.15, -0.1) is 0 Å². The van der Waals surface area contributed by atoms with Crippen LogP contribution in [-0.2, 0) is 4.79 Å². The summed E-state index contributed by atoms with van der Waals surface area (Å²) >= 11 is 0. The first kappa shape index (κ1) is 18.2. The van der Waals surface area contributed by atoms with Crippen molar-refractivity contribution >= 4 is 11.8 Å². The summed E-state index contributed by atoms with van der Waals surface area (Å²) < 4.78 is 18.7. The van der Waals surface area contributed by atoms with Crippen LogP contribution in [0.2, 0.25) is 0 Å². The monoisotopic (exact) mass is 358 g/mol. The quantitative estimate of drug-likeness (QED) is 0.890. The van der Waals surface area contributed by atoms with Gasteiger partial charge in [-0.1, -0.05) is 6.92 Å². The Morgan fingerprint density at radius 2 is 1.85 bits per heavy atom. The lowest BCUT2D eigenvalue weighted by Crippen LogP contribution is -2.43. The number of piperidine rings is 1. The second kappa shape index (κ2) is 8.17. The largest absolute Gasteiger partial charge is 0.451 e. The predicted octanol–water partition coefficient (Wildman–Crippen LogP) is 3.46. The molecule has 2 heterocycles. The van der Waals surface area contributed by atoms with Gasteiger partial charge in [0.15, 0.2) is 5.76 Å². The molecule has 3 rings (SSSR count). The molecule has 0 unspecified atom stereocenters. The molecule has 138 valence electrons. The van der Waals surface area contributed by atoms with Crippen LogP contribution < -0.4 is 5.32 Å². The lowest BCUT2D eigenvalue weighted by molar-refractivity contribution is -0.126. The number of carbonyl (C=O) groups excluding carboxylic acids is 2. The molecule has 5 nitrogen and oxygen atoms in total. The smallest absolute Gasteiger partial charge is 0.289 e. The number of hydrogen-bond donors (Lipinski definition) is 1. The molecule has 1 aliphatic rings. The minimum atomic E-state index is -0.317. The predicted molar refractivity (Wildman–Crippen MR) is 96.0 cm³/mol. The number of hydrogen-bond acceptors (Lipinski definition) is 3. The second-order valence-corrected chi connectivity index (χ2v) is 6.53. The van der Waals surface area contributed by atoms with E-state index in [4.69, 9.17) is 4.42 Å². The van der Waals surface area contributed by atoms with Crippen LogP contribution in [0, 0.1) is 11.7 Å². The van der Waals surface area contributed by atoms with Gasteiger partial charge in [-0.05, 0) is 55.7 Å². The van der Waals surface area contributed by atoms with Crippen LogP contribution in [0.15, 0.2) is 40.8 Å². The van der Waals surface area contributed by atoms with Crippen LogP contribution in [0.25, 0.3) is 11.3 Å². The van der Waals surface area contributed by atoms with Gasteiger partial charge in [-0.25, -0.2) is 4.39 Å². The van der Waals surface area contributed by atoms with E-state index in [-0.39, 0.29) is 29.3 Å². The summed E-state index contributed by atoms with van der Waals surface area (Å²) in [7, 11) is 0. The highest BCUT2D eigenvalue weighted by Gasteiger charge is 2.28. The van der Waals surface area contributed by atoms with E-state index in [1.807, 2.05) is 6.92 Å². The third-order valence-corrected chi connectivity index (χ3v) is 4.65. The highest BCUT2D eigenvalue weighted by Crippen LogP contribution is 2.25. The molecule has 1 aromatic carbocycles. The molecule has 6 heteroatoms. The maximum atomic E-state index is 13.0. The lowest BCUT2D eigenvalue weighted by atomic mass is 9.95. The number of likely N-dealkylation sites (tertiary alicyclic amines) is 1. The fourth-order valence-corrected chi connectivity index (χ4v) is 3.12. The van der Waals surface area contributed by atoms with E-state index >= 15 is 0 Å². The molecule has 0 radical (unpaired) electrons. The minimum Gasteiger partial charge on any atom is -0.451 e. The first-order valence-corrected chi connectivity index (χ1v) is 9.01. The molecule has 0 aliphatic carbocycles. The van der Waals surface area contributed by atoms with Crippen molar-refractivity contribution in [2.24, 2.45) is 5.92 Å². The Morgan fingerprint density at radius 3 is 2.50 bits per heavy atom. The number of rotatable bonds is 5. The standard InChI is InChI=1S/C20H23FN2O3/c1-2-11-22-19(24)15-9-12-23(13-10-15)20(25)18-8-7-17(26-18)14-3-5-16(21)6-4-14/h3-8,15H,2,9-13H2,1H3,(H,22,24). The van der Waals surface area contributed by atoms with Gasteiger partial charge in [0.1, 0.15) is 11.6 Å². The van der Waals surface area contributed by atoms with E-state index in [9.17, 15) is 14.0 Å². The van der Waals surface area contributed by atoms with Gasteiger partial charge in [0, 0.05) is 31.1 Å². The van der Waals surface area contributed by atoms with Gasteiger partial charge in [0.05, 0.1) is 0 Å². The molecular formula is C20H23FN2O3. The Hall–Kier alpha value is -2.63. The molecule has 1 aliphatic heterocycles. The van der Waals surface area contributed by atoms with Crippen molar-refractivity contribution < 1.29 is 18.4 Å². The molecule has 1 fully saturated rings. The van der Waals surface area contributed by atoms with Crippen molar-refractivity contribution in [1.29, 1.82) is 0 Å². The van der Waals surface area contributed by atoms with Crippen molar-refractivity contribution in [3.05, 3.63) is 48.0 Å². The molecule has 0 atom stereocenters. The van der Waals surface area contributed by atoms with Crippen LogP contribution >= 0.6 is 0 Å². The zero-order chi connectivity index (χ0) is 18.5. The lowest BCUT2D eigenvalue weighted by Gasteiger charge is -2.30. The summed E-state index contributed by atoms with van der Waals surface area (Å²) in [4.78, 5) is 26.4. The normalized spacial score (nSPS) is 15.1. The van der Waals surface area contributed by atoms with Gasteiger partial charge in [-0.3, -0.25) is 9.59 Å². The molecule has 0 spiro atoms. The number of carbonyl (C=O) groups is 2. The Morgan fingerprint density at radius 1 is 1.15 bits per heavy atom. The number of amides is 2. The average Bonchev–Trinajstić information content (AvgIpc) is 3.16. The van der Waals surface area contributed by atoms with Crippen molar-refractivity contribution in [2.45, 2.75) is 26.2 Å². The third kappa shape index (κ3) is 4.12. The van der Waals surface area contributed by atoms with E-state index in [2.05, 4.69) is 5.32 Å². The summed E-state index contributed by atoms with van der Waals surface area (Å²) in [5, 5.41) is 2.92. The van der Waals surface area contributed by atoms with Crippen LogP contribution in [0.3, 0.4) is 0 Å². The number of nitrogens with zero attached hydrogens (tertiary/aromatic N) is 1. The zero-order valence-electron chi connectivity index (χ0n) is 14.8. The van der Waals surface area contributed by atoms with E-state index < -0.39 is 0 Å². The SMILES string of the molecule is CCCNC(=O)C1CCN(C(=O)c2ccc(-c3ccc(F)cc3)o2)CC1. The number of furan rings is 1. The van der Waals surface area contributed by atoms with Gasteiger partial charge >= 0.3 is 0 Å². The summed E-state index contributed by atoms with van der Waals surface area (Å²) in [5.41, 5.74) is 0.719. The molecule has 2 amide bonds. The highest BCUT2D eigenvalue weighted by atomic mass is 19.1. The van der Waals surface area contributed by atoms with Crippen LogP contribution in [0.4, 0.5) is 4.39 Å². The van der Waals surface area contributed by atoms with E-state index in [0.717, 1.165) is 12.0 Å². The van der Waals surface area contributed by atoms with Crippen molar-refractivity contribution in [1.82, 2.24) is 10.2 Å². The number of benzene rings is 1. The molecular weight excluding hydrogens is 335 g/mol. The number of nitrogens with one attached hydrogen (secondary N) is 1. The molecule has 1 aromatic heterocycles. The fraction of sp³-hybridized carbons (Fsp3) is 0.400. The summed E-state index contributed by atoms with van der Waals surface area (Å²) in [6.45, 7) is 3.78. The number of halogens is 1. The van der Waals surface area contributed by atoms with E-state index in [1.165, 1.54) is 12.1 Å². The van der Waals surface area contributed by atoms with E-state index in [0.29, 0.717) is 38.2 Å². The summed E-state index contributed by atoms with van der Waals surface area (Å²) in [5.74, 6) is 0.348. The third-order valence-electron chi connectivity index (χ3n) is 4.65. The van der Waals surface area contributed by atoms with Gasteiger partial charge in [-0.2, -0.15) is 0 Å². The van der Waals surface area contributed by atoms with Crippen LogP contribution in [0.5, 0.6) is 0 Å². The average molecular weight is 358 g/mol. The first-order valence-electron chi connectivity index (χ1n) is 9.01. The highest BCUT2D eigenvalue weighted by molar-refractivity contribution is 5.92. The molecule has 26 heavy (non-hydrogen) atoms. The van der Waals surface area contributed by atoms with Crippen LogP contribution in [0.1, 0.15) is 36.7 Å². The molecule has 0 bridgehead atoms. The molecule has 1 saturated heterocycles. The molecule has 1 N–H and O–H groups in total. The van der Waals surface area contributed by atoms with E-state index in [1.54, 1.807) is 29.2 Å². The van der Waals surface area contributed by atoms with Crippen molar-refractivity contribution in [3.8, 4) is 11.3 Å². The maximum Gasteiger partial charge on any atom is 0.289 e. The Labute approximate surface area is 152 Å². The van der Waals surface area contributed by atoms with Gasteiger partial charge in [0.2, 0.25) is 5.91 Å². The summed E-state index contributed by atoms with van der Waals surface area (Å²) in [6.07, 6.45) is 2.23. The van der Waals surface area contributed by atoms with Crippen molar-refractivity contribution in [2.75, 3.05) is 19.6 Å². The molecule has 2 aromatic rings. The Bertz CT molecular complexity index is 762. The Balaban J connectivity index is 1.59. The summed E-state index contributed by atoms with van der Waals surface area (Å²) in [6, 6.07) is 9.29. The van der Waals surface area contributed by atoms with Crippen LogP contribution in [-0.4, -0.2) is 36.3 Å². The fourth-order valence-electron chi connectivity index (χ4n) is 3.12. The first-order chi connectivity index (χ1) is 12.6. The second-order valence-electron chi connectivity index (χ2n) is 6.53. The van der Waals surface area contributed by atoms with Gasteiger partial charge in [0.25, 0.3) is 5.91 Å². The van der Waals surface area contributed by atoms with Gasteiger partial charge < -0.3 is 14.6 Å². The maximum absolute atomic E-state index is 13.0. The minimum absolute atomic E-state index is 0.0306. The Kier molecular flexibility index (Phi) is 5.71. The topological polar surface area (TPSA) is 62.6 Å².